The van der Waals surface area contributed by atoms with Crippen LogP contribution in [-0.4, -0.2) is 74.3 Å². The zero-order chi connectivity index (χ0) is 29.6. The number of aromatic nitrogens is 2. The highest BCUT2D eigenvalue weighted by Gasteiger charge is 2.39. The van der Waals surface area contributed by atoms with Crippen LogP contribution in [-0.2, 0) is 13.1 Å². The first-order valence-electron chi connectivity index (χ1n) is 13.3. The number of piperidine rings is 1. The van der Waals surface area contributed by atoms with Crippen molar-refractivity contribution < 1.29 is 23.4 Å². The quantitative estimate of drug-likeness (QED) is 0.287. The van der Waals surface area contributed by atoms with E-state index in [2.05, 4.69) is 26.0 Å². The maximum atomic E-state index is 13.0. The van der Waals surface area contributed by atoms with Crippen LogP contribution in [0.2, 0.25) is 5.02 Å². The number of thiophene rings is 1. The highest BCUT2D eigenvalue weighted by molar-refractivity contribution is 7.19. The Morgan fingerprint density at radius 1 is 1.17 bits per heavy atom. The number of hydrogen-bond donors (Lipinski definition) is 3. The number of rotatable bonds is 6. The van der Waals surface area contributed by atoms with Crippen molar-refractivity contribution in [1.82, 2.24) is 24.8 Å². The predicted octanol–water partition coefficient (Wildman–Crippen LogP) is 4.72. The minimum Gasteiger partial charge on any atom is -0.373 e. The van der Waals surface area contributed by atoms with Gasteiger partial charge in [-0.3, -0.25) is 4.98 Å². The number of nitrogens with one attached hydrogen (secondary N) is 1. The number of hydrazone groups is 1. The smallest absolute Gasteiger partial charge is 0.373 e. The third-order valence-electron chi connectivity index (χ3n) is 7.78. The van der Waals surface area contributed by atoms with E-state index in [9.17, 15) is 28.6 Å². The molecule has 6 rings (SSSR count). The average molecular weight is 618 g/mol. The number of alkyl halides is 3. The van der Waals surface area contributed by atoms with Gasteiger partial charge in [0.05, 0.1) is 33.4 Å². The lowest BCUT2D eigenvalue weighted by Gasteiger charge is -2.39. The maximum Gasteiger partial charge on any atom is 0.407 e. The molecule has 5 heterocycles. The highest BCUT2D eigenvalue weighted by Crippen LogP contribution is 2.41. The van der Waals surface area contributed by atoms with Crippen LogP contribution in [0.15, 0.2) is 47.8 Å². The van der Waals surface area contributed by atoms with Gasteiger partial charge < -0.3 is 20.1 Å². The minimum absolute atomic E-state index is 0.0385. The van der Waals surface area contributed by atoms with Gasteiger partial charge in [-0.15, -0.1) is 11.3 Å². The molecule has 1 saturated heterocycles. The SMILES string of the molecule is N#CC1(Cn2ccc3cc(Cl)cc(-c4ccnc5cc(CN6C(O)C=NN(CC(F)(F)F)C6O)sc45)c32)CCNCC1. The van der Waals surface area contributed by atoms with Crippen LogP contribution in [0, 0.1) is 16.7 Å². The summed E-state index contributed by atoms with van der Waals surface area (Å²) in [6, 6.07) is 12.0. The summed E-state index contributed by atoms with van der Waals surface area (Å²) in [4.78, 5) is 6.30. The number of pyridine rings is 1. The number of halogens is 4. The van der Waals surface area contributed by atoms with Gasteiger partial charge in [-0.05, 0) is 56.3 Å². The minimum atomic E-state index is -4.58. The Labute approximate surface area is 248 Å². The molecule has 2 atom stereocenters. The van der Waals surface area contributed by atoms with E-state index in [-0.39, 0.29) is 6.54 Å². The first-order chi connectivity index (χ1) is 20.1. The molecular formula is C28H27ClF3N7O2S. The second-order valence-corrected chi connectivity index (χ2v) is 12.2. The lowest BCUT2D eigenvalue weighted by atomic mass is 9.80. The van der Waals surface area contributed by atoms with E-state index in [1.54, 1.807) is 12.3 Å². The number of aliphatic hydroxyl groups excluding tert-OH is 2. The van der Waals surface area contributed by atoms with Crippen molar-refractivity contribution in [3.05, 3.63) is 52.6 Å². The largest absolute Gasteiger partial charge is 0.407 e. The van der Waals surface area contributed by atoms with Crippen molar-refractivity contribution in [1.29, 1.82) is 5.26 Å². The maximum absolute atomic E-state index is 13.0. The second kappa shape index (κ2) is 11.1. The van der Waals surface area contributed by atoms with Crippen molar-refractivity contribution in [3.8, 4) is 17.2 Å². The van der Waals surface area contributed by atoms with Crippen LogP contribution in [0.4, 0.5) is 13.2 Å². The van der Waals surface area contributed by atoms with Crippen LogP contribution in [0.5, 0.6) is 0 Å². The number of nitriles is 1. The van der Waals surface area contributed by atoms with Gasteiger partial charge in [0.1, 0.15) is 12.8 Å². The van der Waals surface area contributed by atoms with Gasteiger partial charge in [0, 0.05) is 51.9 Å². The molecule has 0 radical (unpaired) electrons. The monoisotopic (exact) mass is 617 g/mol. The van der Waals surface area contributed by atoms with E-state index >= 15 is 0 Å². The standard InChI is InChI=1S/C28H27ClF3N7O2S/c29-18-9-17-2-8-37(15-27(14-33)3-6-34-7-4-27)24(17)21(10-18)20-1-5-35-22-11-19(42-25(20)22)13-38-23(40)12-36-39(26(38)41)16-28(30,31)32/h1-2,5,8-12,23,26,34,40-41H,3-4,6-7,13,15-16H2. The van der Waals surface area contributed by atoms with Crippen LogP contribution in [0.3, 0.4) is 0 Å². The van der Waals surface area contributed by atoms with Gasteiger partial charge in [0.15, 0.2) is 0 Å². The number of nitrogens with zero attached hydrogens (tertiary/aromatic N) is 6. The predicted molar refractivity (Wildman–Crippen MR) is 155 cm³/mol. The van der Waals surface area contributed by atoms with E-state index in [4.69, 9.17) is 11.6 Å². The molecule has 3 N–H and O–H groups in total. The van der Waals surface area contributed by atoms with Crippen molar-refractivity contribution in [3.63, 3.8) is 0 Å². The van der Waals surface area contributed by atoms with Crippen LogP contribution >= 0.6 is 22.9 Å². The normalized spacial score (nSPS) is 21.3. The van der Waals surface area contributed by atoms with Gasteiger partial charge in [0.25, 0.3) is 0 Å². The summed E-state index contributed by atoms with van der Waals surface area (Å²) in [7, 11) is 0. The molecule has 1 fully saturated rings. The first kappa shape index (κ1) is 28.9. The molecule has 220 valence electrons. The summed E-state index contributed by atoms with van der Waals surface area (Å²) >= 11 is 7.93. The highest BCUT2D eigenvalue weighted by atomic mass is 35.5. The third-order valence-corrected chi connectivity index (χ3v) is 9.14. The van der Waals surface area contributed by atoms with Gasteiger partial charge >= 0.3 is 6.18 Å². The number of hydrogen-bond acceptors (Lipinski definition) is 9. The van der Waals surface area contributed by atoms with Gasteiger partial charge in [-0.2, -0.15) is 23.5 Å². The molecule has 0 bridgehead atoms. The summed E-state index contributed by atoms with van der Waals surface area (Å²) in [6.45, 7) is 0.612. The zero-order valence-electron chi connectivity index (χ0n) is 22.2. The molecule has 1 aromatic carbocycles. The van der Waals surface area contributed by atoms with Crippen molar-refractivity contribution in [2.45, 2.75) is 44.7 Å². The lowest BCUT2D eigenvalue weighted by molar-refractivity contribution is -0.215. The lowest BCUT2D eigenvalue weighted by Crippen LogP contribution is -2.56. The van der Waals surface area contributed by atoms with Crippen molar-refractivity contribution >= 4 is 50.3 Å². The fourth-order valence-corrected chi connectivity index (χ4v) is 7.10. The Morgan fingerprint density at radius 2 is 1.95 bits per heavy atom. The average Bonchev–Trinajstić information content (AvgIpc) is 3.55. The molecule has 0 aliphatic carbocycles. The van der Waals surface area contributed by atoms with Crippen LogP contribution in [0.1, 0.15) is 17.7 Å². The van der Waals surface area contributed by atoms with Gasteiger partial charge in [0.2, 0.25) is 6.35 Å². The fraction of sp³-hybridized carbons (Fsp3) is 0.393. The van der Waals surface area contributed by atoms with E-state index in [1.807, 2.05) is 30.5 Å². The number of fused-ring (bicyclic) bond motifs is 2. The molecule has 0 amide bonds. The van der Waals surface area contributed by atoms with Crippen LogP contribution in [0.25, 0.3) is 32.2 Å². The van der Waals surface area contributed by atoms with Gasteiger partial charge in [-0.25, -0.2) is 9.91 Å². The van der Waals surface area contributed by atoms with E-state index in [0.717, 1.165) is 63.8 Å². The summed E-state index contributed by atoms with van der Waals surface area (Å²) in [5.41, 5.74) is 2.84. The molecule has 42 heavy (non-hydrogen) atoms. The molecule has 0 spiro atoms. The Morgan fingerprint density at radius 3 is 2.69 bits per heavy atom. The summed E-state index contributed by atoms with van der Waals surface area (Å²) < 4.78 is 41.9. The molecule has 2 aliphatic rings. The summed E-state index contributed by atoms with van der Waals surface area (Å²) in [6.07, 6.45) is -1.61. The number of aliphatic hydroxyl groups is 2. The zero-order valence-corrected chi connectivity index (χ0v) is 23.8. The second-order valence-electron chi connectivity index (χ2n) is 10.7. The third kappa shape index (κ3) is 5.58. The molecule has 2 unspecified atom stereocenters. The topological polar surface area (TPSA) is 113 Å². The first-order valence-corrected chi connectivity index (χ1v) is 14.5. The van der Waals surface area contributed by atoms with Gasteiger partial charge in [-0.1, -0.05) is 11.6 Å². The molecule has 4 aromatic rings. The molecule has 3 aromatic heterocycles. The van der Waals surface area contributed by atoms with E-state index < -0.39 is 30.7 Å². The summed E-state index contributed by atoms with van der Waals surface area (Å²) in [5.74, 6) is 0. The Balaban J connectivity index is 1.37. The van der Waals surface area contributed by atoms with Crippen molar-refractivity contribution in [2.75, 3.05) is 19.6 Å². The summed E-state index contributed by atoms with van der Waals surface area (Å²) in [5, 5.41) is 40.0. The molecular weight excluding hydrogens is 591 g/mol. The van der Waals surface area contributed by atoms with E-state index in [1.165, 1.54) is 11.3 Å². The molecule has 14 heteroatoms. The number of benzene rings is 1. The molecule has 0 saturated carbocycles. The van der Waals surface area contributed by atoms with Crippen LogP contribution < -0.4 is 5.32 Å². The Hall–Kier alpha value is -3.25. The van der Waals surface area contributed by atoms with E-state index in [0.29, 0.717) is 27.0 Å². The fourth-order valence-electron chi connectivity index (χ4n) is 5.72. The Bertz CT molecular complexity index is 1690. The Kier molecular flexibility index (Phi) is 7.63. The molecule has 9 nitrogen and oxygen atoms in total. The van der Waals surface area contributed by atoms with Crippen molar-refractivity contribution in [2.24, 2.45) is 10.5 Å². The molecule has 2 aliphatic heterocycles.